The largest absolute Gasteiger partial charge is 0.146 e. The molecule has 88 valence electrons. The van der Waals surface area contributed by atoms with Gasteiger partial charge < -0.3 is 0 Å². The molecule has 0 aromatic heterocycles. The molecule has 0 spiro atoms. The minimum Gasteiger partial charge on any atom is -0.146 e. The van der Waals surface area contributed by atoms with Gasteiger partial charge in [0.1, 0.15) is 0 Å². The Kier molecular flexibility index (Phi) is 5.82. The van der Waals surface area contributed by atoms with Crippen LogP contribution in [-0.2, 0) is 0 Å². The Bertz CT molecular complexity index is 178. The van der Waals surface area contributed by atoms with E-state index in [-0.39, 0.29) is 0 Å². The average Bonchev–Trinajstić information content (AvgIpc) is 3.13. The lowest BCUT2D eigenvalue weighted by atomic mass is 10.6. The summed E-state index contributed by atoms with van der Waals surface area (Å²) in [5, 5.41) is 0. The zero-order valence-corrected chi connectivity index (χ0v) is 13.3. The Balaban J connectivity index is 1.50. The van der Waals surface area contributed by atoms with E-state index in [0.29, 0.717) is 0 Å². The van der Waals surface area contributed by atoms with Gasteiger partial charge in [0.25, 0.3) is 0 Å². The predicted molar refractivity (Wildman–Crippen MR) is 83.4 cm³/mol. The van der Waals surface area contributed by atoms with E-state index < -0.39 is 0 Å². The highest BCUT2D eigenvalue weighted by Crippen LogP contribution is 2.64. The van der Waals surface area contributed by atoms with Crippen LogP contribution in [0.2, 0.25) is 0 Å². The Hall–Kier alpha value is 1.75. The van der Waals surface area contributed by atoms with Crippen molar-refractivity contribution in [1.29, 1.82) is 0 Å². The summed E-state index contributed by atoms with van der Waals surface area (Å²) in [5.41, 5.74) is 0. The maximum absolute atomic E-state index is 2.27. The Morgan fingerprint density at radius 3 is 1.67 bits per heavy atom. The van der Waals surface area contributed by atoms with Crippen molar-refractivity contribution in [2.24, 2.45) is 0 Å². The van der Waals surface area contributed by atoms with Crippen LogP contribution < -0.4 is 0 Å². The van der Waals surface area contributed by atoms with Crippen LogP contribution in [0.15, 0.2) is 0 Å². The van der Waals surface area contributed by atoms with Crippen LogP contribution in [0.3, 0.4) is 0 Å². The third-order valence-corrected chi connectivity index (χ3v) is 11.0. The van der Waals surface area contributed by atoms with E-state index in [1.165, 1.54) is 24.3 Å². The van der Waals surface area contributed by atoms with Crippen molar-refractivity contribution in [1.82, 2.24) is 0 Å². The molecule has 4 unspecified atom stereocenters. The first-order valence-electron chi connectivity index (χ1n) is 5.54. The highest BCUT2D eigenvalue weighted by Gasteiger charge is 2.48. The molecule has 0 amide bonds. The molecule has 2 fully saturated rings. The van der Waals surface area contributed by atoms with Crippen LogP contribution in [0, 0.1) is 0 Å². The lowest BCUT2D eigenvalue weighted by Gasteiger charge is -1.97. The molecule has 0 aromatic carbocycles. The van der Waals surface area contributed by atoms with Crippen molar-refractivity contribution in [3.63, 3.8) is 0 Å². The Morgan fingerprint density at radius 1 is 0.800 bits per heavy atom. The van der Waals surface area contributed by atoms with Crippen LogP contribution in [0.4, 0.5) is 0 Å². The smallest absolute Gasteiger partial charge is 0.0736 e. The number of rotatable bonds is 8. The molecule has 2 heterocycles. The first kappa shape index (κ1) is 13.2. The molecule has 2 aliphatic rings. The van der Waals surface area contributed by atoms with Crippen LogP contribution in [0.5, 0.6) is 0 Å². The Labute approximate surface area is 115 Å². The third-order valence-electron chi connectivity index (χ3n) is 2.07. The highest BCUT2D eigenvalue weighted by molar-refractivity contribution is 8.39. The van der Waals surface area contributed by atoms with E-state index in [1.54, 1.807) is 0 Å². The van der Waals surface area contributed by atoms with Crippen molar-refractivity contribution >= 4 is 58.8 Å². The summed E-state index contributed by atoms with van der Waals surface area (Å²) in [6.07, 6.45) is 2.65. The van der Waals surface area contributed by atoms with Crippen LogP contribution in [0.1, 0.15) is 26.7 Å². The summed E-state index contributed by atoms with van der Waals surface area (Å²) < 4.78 is 3.69. The second-order valence-corrected chi connectivity index (χ2v) is 11.2. The molecular weight excluding hydrogens is 280 g/mol. The van der Waals surface area contributed by atoms with Crippen LogP contribution in [-0.4, -0.2) is 29.8 Å². The van der Waals surface area contributed by atoms with Crippen molar-refractivity contribution in [3.8, 4) is 0 Å². The van der Waals surface area contributed by atoms with E-state index in [4.69, 9.17) is 0 Å². The standard InChI is InChI=1S/C10H18S5/c1-3-5-11-7-9(13-7)15-10-8(14-10)12-6-4-2/h7-10H,3-6H2,1-2H3. The maximum atomic E-state index is 2.27. The molecule has 0 bridgehead atoms. The molecule has 4 atom stereocenters. The van der Waals surface area contributed by atoms with E-state index in [1.807, 2.05) is 0 Å². The summed E-state index contributed by atoms with van der Waals surface area (Å²) in [5.74, 6) is 2.70. The molecule has 0 saturated carbocycles. The fourth-order valence-corrected chi connectivity index (χ4v) is 9.54. The van der Waals surface area contributed by atoms with Gasteiger partial charge in [0, 0.05) is 0 Å². The van der Waals surface area contributed by atoms with Gasteiger partial charge in [-0.15, -0.1) is 58.8 Å². The molecule has 0 aromatic rings. The molecule has 2 rings (SSSR count). The van der Waals surface area contributed by atoms with Gasteiger partial charge in [-0.3, -0.25) is 0 Å². The lowest BCUT2D eigenvalue weighted by molar-refractivity contribution is 1.10. The average molecular weight is 299 g/mol. The van der Waals surface area contributed by atoms with Crippen LogP contribution in [0.25, 0.3) is 0 Å². The van der Waals surface area contributed by atoms with Gasteiger partial charge >= 0.3 is 0 Å². The molecule has 5 heteroatoms. The van der Waals surface area contributed by atoms with Gasteiger partial charge in [0.15, 0.2) is 0 Å². The van der Waals surface area contributed by atoms with Crippen molar-refractivity contribution in [3.05, 3.63) is 0 Å². The van der Waals surface area contributed by atoms with Gasteiger partial charge in [0.2, 0.25) is 0 Å². The van der Waals surface area contributed by atoms with Crippen molar-refractivity contribution in [2.45, 2.75) is 45.0 Å². The number of hydrogen-bond acceptors (Lipinski definition) is 5. The topological polar surface area (TPSA) is 0 Å². The third kappa shape index (κ3) is 4.49. The molecule has 0 aliphatic carbocycles. The quantitative estimate of drug-likeness (QED) is 0.588. The molecule has 2 aliphatic heterocycles. The second kappa shape index (κ2) is 6.62. The van der Waals surface area contributed by atoms with E-state index >= 15 is 0 Å². The van der Waals surface area contributed by atoms with Gasteiger partial charge in [-0.25, -0.2) is 0 Å². The highest BCUT2D eigenvalue weighted by atomic mass is 32.3. The first-order chi connectivity index (χ1) is 7.35. The first-order valence-corrected chi connectivity index (χ1v) is 10.5. The summed E-state index contributed by atoms with van der Waals surface area (Å²) in [4.78, 5) is 0. The normalized spacial score (nSPS) is 38.0. The zero-order chi connectivity index (χ0) is 10.7. The monoisotopic (exact) mass is 298 g/mol. The molecule has 2 saturated heterocycles. The van der Waals surface area contributed by atoms with Crippen molar-refractivity contribution < 1.29 is 0 Å². The fourth-order valence-electron chi connectivity index (χ4n) is 1.20. The number of thioether (sulfide) groups is 5. The lowest BCUT2D eigenvalue weighted by Crippen LogP contribution is -1.91. The Morgan fingerprint density at radius 2 is 1.27 bits per heavy atom. The minimum atomic E-state index is 0.922. The fraction of sp³-hybridized carbons (Fsp3) is 1.00. The van der Waals surface area contributed by atoms with Crippen LogP contribution >= 0.6 is 58.8 Å². The van der Waals surface area contributed by atoms with Gasteiger partial charge in [-0.05, 0) is 24.3 Å². The van der Waals surface area contributed by atoms with E-state index in [9.17, 15) is 0 Å². The SMILES string of the molecule is CCCSC1SC1SC1SC1SCCC. The number of hydrogen-bond donors (Lipinski definition) is 0. The predicted octanol–water partition coefficient (Wildman–Crippen LogP) is 4.80. The summed E-state index contributed by atoms with van der Waals surface area (Å²) in [6.45, 7) is 4.55. The van der Waals surface area contributed by atoms with E-state index in [2.05, 4.69) is 72.7 Å². The molecule has 0 radical (unpaired) electrons. The molecule has 15 heavy (non-hydrogen) atoms. The molecular formula is C10H18S5. The van der Waals surface area contributed by atoms with Crippen molar-refractivity contribution in [2.75, 3.05) is 11.5 Å². The van der Waals surface area contributed by atoms with E-state index in [0.717, 1.165) is 18.3 Å². The minimum absolute atomic E-state index is 0.922. The summed E-state index contributed by atoms with van der Waals surface area (Å²) in [6, 6.07) is 0. The summed E-state index contributed by atoms with van der Waals surface area (Å²) in [7, 11) is 0. The van der Waals surface area contributed by atoms with Gasteiger partial charge in [0.05, 0.1) is 18.3 Å². The van der Waals surface area contributed by atoms with Gasteiger partial charge in [-0.2, -0.15) is 0 Å². The zero-order valence-electron chi connectivity index (χ0n) is 9.18. The molecule has 0 nitrogen and oxygen atoms in total. The maximum Gasteiger partial charge on any atom is 0.0736 e. The summed E-state index contributed by atoms with van der Waals surface area (Å²) >= 11 is 10.9. The van der Waals surface area contributed by atoms with Gasteiger partial charge in [-0.1, -0.05) is 13.8 Å². The second-order valence-electron chi connectivity index (χ2n) is 3.62. The molecule has 0 N–H and O–H groups in total.